The number of fused-ring (bicyclic) bond motifs is 1. The van der Waals surface area contributed by atoms with Crippen molar-refractivity contribution in [2.75, 3.05) is 6.54 Å². The molecule has 0 saturated carbocycles. The monoisotopic (exact) mass is 392 g/mol. The van der Waals surface area contributed by atoms with Gasteiger partial charge in [-0.15, -0.1) is 0 Å². The molecular weight excluding hydrogens is 376 g/mol. The number of imidazole rings is 1. The van der Waals surface area contributed by atoms with E-state index in [1.54, 1.807) is 41.9 Å². The summed E-state index contributed by atoms with van der Waals surface area (Å²) in [6.45, 7) is 2.18. The number of carbonyl (C=O) groups is 1. The molecule has 2 heterocycles. The van der Waals surface area contributed by atoms with Gasteiger partial charge in [-0.1, -0.05) is 24.6 Å². The van der Waals surface area contributed by atoms with Crippen LogP contribution in [0, 0.1) is 0 Å². The third kappa shape index (κ3) is 4.04. The number of carbonyl (C=O) groups excluding carboxylic acids is 1. The van der Waals surface area contributed by atoms with Crippen LogP contribution in [0.1, 0.15) is 23.0 Å². The molecule has 0 saturated heterocycles. The van der Waals surface area contributed by atoms with E-state index in [0.29, 0.717) is 10.7 Å². The van der Waals surface area contributed by atoms with Gasteiger partial charge >= 0.3 is 0 Å². The number of halogens is 1. The molecule has 0 radical (unpaired) electrons. The Morgan fingerprint density at radius 2 is 2.04 bits per heavy atom. The van der Waals surface area contributed by atoms with Crippen LogP contribution in [0.5, 0.6) is 0 Å². The van der Waals surface area contributed by atoms with Crippen molar-refractivity contribution < 1.29 is 13.2 Å². The second-order valence-corrected chi connectivity index (χ2v) is 7.76. The number of amides is 1. The van der Waals surface area contributed by atoms with Crippen LogP contribution in [0.25, 0.3) is 5.65 Å². The normalized spacial score (nSPS) is 11.6. The van der Waals surface area contributed by atoms with E-state index in [-0.39, 0.29) is 29.5 Å². The van der Waals surface area contributed by atoms with E-state index in [1.807, 2.05) is 0 Å². The Balaban J connectivity index is 1.73. The van der Waals surface area contributed by atoms with Gasteiger partial charge in [0.15, 0.2) is 0 Å². The summed E-state index contributed by atoms with van der Waals surface area (Å²) in [5.74, 6) is -0.381. The van der Waals surface area contributed by atoms with E-state index in [2.05, 4.69) is 15.0 Å². The Kier molecular flexibility index (Phi) is 5.26. The van der Waals surface area contributed by atoms with E-state index in [0.717, 1.165) is 5.65 Å². The summed E-state index contributed by atoms with van der Waals surface area (Å²) in [4.78, 5) is 16.8. The molecule has 0 atom stereocenters. The molecule has 0 unspecified atom stereocenters. The van der Waals surface area contributed by atoms with Crippen LogP contribution < -0.4 is 10.0 Å². The lowest BCUT2D eigenvalue weighted by Gasteiger charge is -2.07. The van der Waals surface area contributed by atoms with Crippen molar-refractivity contribution in [1.82, 2.24) is 19.4 Å². The smallest absolute Gasteiger partial charge is 0.251 e. The Labute approximate surface area is 156 Å². The fourth-order valence-corrected chi connectivity index (χ4v) is 3.71. The van der Waals surface area contributed by atoms with Gasteiger partial charge < -0.3 is 9.72 Å². The zero-order valence-corrected chi connectivity index (χ0v) is 15.5. The Morgan fingerprint density at radius 1 is 1.23 bits per heavy atom. The quantitative estimate of drug-likeness (QED) is 0.672. The fourth-order valence-electron chi connectivity index (χ4n) is 2.45. The third-order valence-corrected chi connectivity index (χ3v) is 5.40. The lowest BCUT2D eigenvalue weighted by Crippen LogP contribution is -2.25. The topological polar surface area (TPSA) is 92.6 Å². The molecule has 2 N–H and O–H groups in total. The number of aromatic nitrogens is 2. The Bertz CT molecular complexity index is 1060. The SMILES string of the molecule is CCNS(=O)(=O)c1cccc(C(=O)NCc2cn3cc(Cl)ccc3n2)c1. The molecule has 0 aliphatic rings. The molecule has 0 aliphatic carbocycles. The lowest BCUT2D eigenvalue weighted by atomic mass is 10.2. The molecule has 3 aromatic rings. The predicted octanol–water partition coefficient (Wildman–Crippen LogP) is 2.22. The average molecular weight is 393 g/mol. The maximum Gasteiger partial charge on any atom is 0.251 e. The van der Waals surface area contributed by atoms with Gasteiger partial charge in [-0.25, -0.2) is 18.1 Å². The first-order valence-corrected chi connectivity index (χ1v) is 9.76. The lowest BCUT2D eigenvalue weighted by molar-refractivity contribution is 0.0950. The van der Waals surface area contributed by atoms with Crippen molar-refractivity contribution in [1.29, 1.82) is 0 Å². The van der Waals surface area contributed by atoms with Crippen LogP contribution in [0.2, 0.25) is 5.02 Å². The third-order valence-electron chi connectivity index (χ3n) is 3.64. The summed E-state index contributed by atoms with van der Waals surface area (Å²) in [6.07, 6.45) is 3.50. The summed E-state index contributed by atoms with van der Waals surface area (Å²) in [6, 6.07) is 9.40. The van der Waals surface area contributed by atoms with Gasteiger partial charge in [0.1, 0.15) is 5.65 Å². The first-order chi connectivity index (χ1) is 12.4. The number of sulfonamides is 1. The van der Waals surface area contributed by atoms with Gasteiger partial charge in [0.2, 0.25) is 10.0 Å². The highest BCUT2D eigenvalue weighted by Gasteiger charge is 2.15. The number of benzene rings is 1. The summed E-state index contributed by atoms with van der Waals surface area (Å²) in [5.41, 5.74) is 1.64. The summed E-state index contributed by atoms with van der Waals surface area (Å²) in [5, 5.41) is 3.33. The van der Waals surface area contributed by atoms with Gasteiger partial charge in [-0.3, -0.25) is 4.79 Å². The first-order valence-electron chi connectivity index (χ1n) is 7.90. The zero-order chi connectivity index (χ0) is 18.7. The second-order valence-electron chi connectivity index (χ2n) is 5.56. The molecule has 1 aromatic carbocycles. The van der Waals surface area contributed by atoms with Gasteiger partial charge in [0.25, 0.3) is 5.91 Å². The number of nitrogens with one attached hydrogen (secondary N) is 2. The zero-order valence-electron chi connectivity index (χ0n) is 13.9. The van der Waals surface area contributed by atoms with Crippen LogP contribution in [0.15, 0.2) is 53.7 Å². The predicted molar refractivity (Wildman–Crippen MR) is 98.7 cm³/mol. The highest BCUT2D eigenvalue weighted by molar-refractivity contribution is 7.89. The molecule has 0 spiro atoms. The molecule has 0 bridgehead atoms. The summed E-state index contributed by atoms with van der Waals surface area (Å²) >= 11 is 5.94. The molecule has 9 heteroatoms. The van der Waals surface area contributed by atoms with E-state index in [1.165, 1.54) is 18.2 Å². The van der Waals surface area contributed by atoms with Gasteiger partial charge in [0.05, 0.1) is 22.2 Å². The van der Waals surface area contributed by atoms with E-state index >= 15 is 0 Å². The number of hydrogen-bond acceptors (Lipinski definition) is 4. The minimum absolute atomic E-state index is 0.0503. The van der Waals surface area contributed by atoms with Crippen LogP contribution in [0.3, 0.4) is 0 Å². The van der Waals surface area contributed by atoms with Crippen LogP contribution in [-0.4, -0.2) is 30.3 Å². The van der Waals surface area contributed by atoms with Crippen molar-refractivity contribution in [3.05, 3.63) is 65.1 Å². The van der Waals surface area contributed by atoms with Crippen molar-refractivity contribution >= 4 is 33.2 Å². The van der Waals surface area contributed by atoms with Crippen molar-refractivity contribution in [2.45, 2.75) is 18.4 Å². The molecule has 0 aliphatic heterocycles. The largest absolute Gasteiger partial charge is 0.346 e. The maximum absolute atomic E-state index is 12.3. The molecular formula is C17H17ClN4O3S. The highest BCUT2D eigenvalue weighted by Crippen LogP contribution is 2.13. The summed E-state index contributed by atoms with van der Waals surface area (Å²) in [7, 11) is -3.61. The van der Waals surface area contributed by atoms with E-state index in [4.69, 9.17) is 11.6 Å². The minimum atomic E-state index is -3.61. The Morgan fingerprint density at radius 3 is 2.81 bits per heavy atom. The fraction of sp³-hybridized carbons (Fsp3) is 0.176. The van der Waals surface area contributed by atoms with Gasteiger partial charge in [-0.2, -0.15) is 0 Å². The molecule has 7 nitrogen and oxygen atoms in total. The van der Waals surface area contributed by atoms with Crippen LogP contribution in [-0.2, 0) is 16.6 Å². The molecule has 1 amide bonds. The molecule has 26 heavy (non-hydrogen) atoms. The van der Waals surface area contributed by atoms with Crippen molar-refractivity contribution in [3.63, 3.8) is 0 Å². The minimum Gasteiger partial charge on any atom is -0.346 e. The number of pyridine rings is 1. The molecule has 0 fully saturated rings. The van der Waals surface area contributed by atoms with E-state index in [9.17, 15) is 13.2 Å². The summed E-state index contributed by atoms with van der Waals surface area (Å²) < 4.78 is 28.3. The van der Waals surface area contributed by atoms with Gasteiger partial charge in [0, 0.05) is 24.5 Å². The first kappa shape index (κ1) is 18.4. The number of hydrogen-bond donors (Lipinski definition) is 2. The standard InChI is InChI=1S/C17H17ClN4O3S/c1-2-20-26(24,25)15-5-3-4-12(8-15)17(23)19-9-14-11-22-10-13(18)6-7-16(22)21-14/h3-8,10-11,20H,2,9H2,1H3,(H,19,23). The maximum atomic E-state index is 12.3. The van der Waals surface area contributed by atoms with Crippen LogP contribution in [0.4, 0.5) is 0 Å². The van der Waals surface area contributed by atoms with E-state index < -0.39 is 10.0 Å². The second kappa shape index (κ2) is 7.45. The highest BCUT2D eigenvalue weighted by atomic mass is 35.5. The average Bonchev–Trinajstić information content (AvgIpc) is 3.01. The molecule has 2 aromatic heterocycles. The van der Waals surface area contributed by atoms with Gasteiger partial charge in [-0.05, 0) is 30.3 Å². The van der Waals surface area contributed by atoms with Crippen LogP contribution >= 0.6 is 11.6 Å². The molecule has 3 rings (SSSR count). The number of rotatable bonds is 6. The van der Waals surface area contributed by atoms with Crippen molar-refractivity contribution in [2.24, 2.45) is 0 Å². The molecule has 136 valence electrons. The Hall–Kier alpha value is -2.42. The van der Waals surface area contributed by atoms with Crippen molar-refractivity contribution in [3.8, 4) is 0 Å². The number of nitrogens with zero attached hydrogens (tertiary/aromatic N) is 2.